The molecule has 0 unspecified atom stereocenters. The zero-order chi connectivity index (χ0) is 21.7. The third-order valence-corrected chi connectivity index (χ3v) is 4.90. The Morgan fingerprint density at radius 3 is 2.53 bits per heavy atom. The van der Waals surface area contributed by atoms with Gasteiger partial charge in [0.1, 0.15) is 17.3 Å². The first-order valence-electron chi connectivity index (χ1n) is 9.94. The molecule has 2 aromatic carbocycles. The highest BCUT2D eigenvalue weighted by atomic mass is 19.1. The van der Waals surface area contributed by atoms with Crippen LogP contribution in [0, 0.1) is 5.82 Å². The fourth-order valence-corrected chi connectivity index (χ4v) is 3.41. The predicted molar refractivity (Wildman–Crippen MR) is 116 cm³/mol. The van der Waals surface area contributed by atoms with Crippen molar-refractivity contribution in [2.75, 3.05) is 33.9 Å². The highest BCUT2D eigenvalue weighted by Gasteiger charge is 2.20. The summed E-state index contributed by atoms with van der Waals surface area (Å²) < 4.78 is 25.7. The Kier molecular flexibility index (Phi) is 7.07. The number of nitrogens with one attached hydrogen (secondary N) is 1. The normalized spacial score (nSPS) is 11.3. The van der Waals surface area contributed by atoms with Crippen molar-refractivity contribution in [3.63, 3.8) is 0 Å². The SMILES string of the molecule is CCCOc1ccc(F)c2c(=O)c(-c3ccc(OC)cc3)c(CN(C)CCO)[nH]c12. The van der Waals surface area contributed by atoms with Gasteiger partial charge in [0.15, 0.2) is 0 Å². The molecule has 3 aromatic rings. The molecule has 0 aliphatic carbocycles. The number of ether oxygens (including phenoxy) is 2. The Bertz CT molecular complexity index is 1060. The summed E-state index contributed by atoms with van der Waals surface area (Å²) in [6.07, 6.45) is 0.791. The van der Waals surface area contributed by atoms with E-state index in [4.69, 9.17) is 9.47 Å². The smallest absolute Gasteiger partial charge is 0.200 e. The number of likely N-dealkylation sites (N-methyl/N-ethyl adjacent to an activating group) is 1. The molecule has 160 valence electrons. The Morgan fingerprint density at radius 2 is 1.90 bits per heavy atom. The first kappa shape index (κ1) is 21.8. The number of hydrogen-bond donors (Lipinski definition) is 2. The average Bonchev–Trinajstić information content (AvgIpc) is 2.73. The first-order valence-corrected chi connectivity index (χ1v) is 9.94. The number of aliphatic hydroxyl groups excluding tert-OH is 1. The standard InChI is InChI=1S/C23H27FN2O4/c1-4-13-30-19-10-9-17(24)21-22(19)25-18(14-26(2)11-12-27)20(23(21)28)15-5-7-16(29-3)8-6-15/h5-10,27H,4,11-14H2,1-3H3,(H,25,28). The largest absolute Gasteiger partial charge is 0.497 e. The number of nitrogens with zero attached hydrogens (tertiary/aromatic N) is 1. The Balaban J connectivity index is 2.27. The lowest BCUT2D eigenvalue weighted by Crippen LogP contribution is -2.24. The molecule has 0 atom stereocenters. The van der Waals surface area contributed by atoms with E-state index in [9.17, 15) is 14.3 Å². The lowest BCUT2D eigenvalue weighted by atomic mass is 9.99. The summed E-state index contributed by atoms with van der Waals surface area (Å²) in [5.41, 5.74) is 1.62. The van der Waals surface area contributed by atoms with Crippen LogP contribution in [-0.2, 0) is 6.54 Å². The number of aromatic nitrogens is 1. The molecule has 6 nitrogen and oxygen atoms in total. The summed E-state index contributed by atoms with van der Waals surface area (Å²) in [6.45, 7) is 3.24. The van der Waals surface area contributed by atoms with Gasteiger partial charge in [0.05, 0.1) is 36.8 Å². The number of methoxy groups -OCH3 is 1. The fraction of sp³-hybridized carbons (Fsp3) is 0.348. The Hall–Kier alpha value is -2.90. The van der Waals surface area contributed by atoms with E-state index in [1.165, 1.54) is 12.1 Å². The van der Waals surface area contributed by atoms with Crippen LogP contribution in [-0.4, -0.2) is 48.9 Å². The van der Waals surface area contributed by atoms with Crippen molar-refractivity contribution in [1.29, 1.82) is 0 Å². The highest BCUT2D eigenvalue weighted by Crippen LogP contribution is 2.30. The molecular formula is C23H27FN2O4. The van der Waals surface area contributed by atoms with Crippen molar-refractivity contribution in [2.24, 2.45) is 0 Å². The fourth-order valence-electron chi connectivity index (χ4n) is 3.41. The minimum absolute atomic E-state index is 0.00826. The molecule has 30 heavy (non-hydrogen) atoms. The van der Waals surface area contributed by atoms with E-state index < -0.39 is 11.2 Å². The van der Waals surface area contributed by atoms with E-state index in [1.54, 1.807) is 31.4 Å². The molecule has 0 bridgehead atoms. The monoisotopic (exact) mass is 414 g/mol. The van der Waals surface area contributed by atoms with Crippen LogP contribution >= 0.6 is 0 Å². The molecule has 0 fully saturated rings. The second-order valence-electron chi connectivity index (χ2n) is 7.14. The molecule has 0 saturated heterocycles. The molecular weight excluding hydrogens is 387 g/mol. The van der Waals surface area contributed by atoms with Crippen molar-refractivity contribution in [2.45, 2.75) is 19.9 Å². The molecule has 0 aliphatic rings. The molecule has 0 spiro atoms. The highest BCUT2D eigenvalue weighted by molar-refractivity contribution is 5.89. The van der Waals surface area contributed by atoms with Crippen molar-refractivity contribution >= 4 is 10.9 Å². The summed E-state index contributed by atoms with van der Waals surface area (Å²) in [7, 11) is 3.41. The van der Waals surface area contributed by atoms with Gasteiger partial charge in [-0.2, -0.15) is 0 Å². The lowest BCUT2D eigenvalue weighted by molar-refractivity contribution is 0.216. The van der Waals surface area contributed by atoms with Gasteiger partial charge in [-0.3, -0.25) is 9.69 Å². The molecule has 3 rings (SSSR count). The maximum Gasteiger partial charge on any atom is 0.200 e. The number of rotatable bonds is 9. The summed E-state index contributed by atoms with van der Waals surface area (Å²) in [4.78, 5) is 18.6. The third-order valence-electron chi connectivity index (χ3n) is 4.90. The summed E-state index contributed by atoms with van der Waals surface area (Å²) >= 11 is 0. The zero-order valence-corrected chi connectivity index (χ0v) is 17.5. The number of aromatic amines is 1. The van der Waals surface area contributed by atoms with E-state index >= 15 is 0 Å². The Labute approximate surface area is 174 Å². The summed E-state index contributed by atoms with van der Waals surface area (Å²) in [5.74, 6) is 0.508. The van der Waals surface area contributed by atoms with Gasteiger partial charge in [-0.05, 0) is 43.3 Å². The van der Waals surface area contributed by atoms with Gasteiger partial charge in [0.2, 0.25) is 5.43 Å². The number of H-pyrrole nitrogens is 1. The van der Waals surface area contributed by atoms with Crippen LogP contribution in [0.15, 0.2) is 41.2 Å². The van der Waals surface area contributed by atoms with Crippen molar-refractivity contribution in [1.82, 2.24) is 9.88 Å². The van der Waals surface area contributed by atoms with Crippen LogP contribution in [0.2, 0.25) is 0 Å². The van der Waals surface area contributed by atoms with Crippen LogP contribution in [0.4, 0.5) is 4.39 Å². The van der Waals surface area contributed by atoms with Gasteiger partial charge in [-0.1, -0.05) is 19.1 Å². The van der Waals surface area contributed by atoms with Crippen molar-refractivity contribution in [3.05, 3.63) is 58.1 Å². The molecule has 2 N–H and O–H groups in total. The number of benzene rings is 2. The van der Waals surface area contributed by atoms with Gasteiger partial charge < -0.3 is 19.6 Å². The van der Waals surface area contributed by atoms with Gasteiger partial charge in [0.25, 0.3) is 0 Å². The van der Waals surface area contributed by atoms with Crippen molar-refractivity contribution in [3.8, 4) is 22.6 Å². The Morgan fingerprint density at radius 1 is 1.17 bits per heavy atom. The quantitative estimate of drug-likeness (QED) is 0.560. The summed E-state index contributed by atoms with van der Waals surface area (Å²) in [5, 5.41) is 9.24. The van der Waals surface area contributed by atoms with Gasteiger partial charge in [-0.25, -0.2) is 4.39 Å². The zero-order valence-electron chi connectivity index (χ0n) is 17.5. The van der Waals surface area contributed by atoms with Gasteiger partial charge in [-0.15, -0.1) is 0 Å². The molecule has 7 heteroatoms. The maximum absolute atomic E-state index is 14.7. The van der Waals surface area contributed by atoms with Crippen LogP contribution in [0.5, 0.6) is 11.5 Å². The first-order chi connectivity index (χ1) is 14.5. The molecule has 0 saturated carbocycles. The van der Waals surface area contributed by atoms with E-state index in [0.717, 1.165) is 6.42 Å². The van der Waals surface area contributed by atoms with E-state index in [2.05, 4.69) is 4.98 Å². The predicted octanol–water partition coefficient (Wildman–Crippen LogP) is 3.56. The number of pyridine rings is 1. The van der Waals surface area contributed by atoms with E-state index in [-0.39, 0.29) is 12.0 Å². The van der Waals surface area contributed by atoms with Gasteiger partial charge in [0, 0.05) is 18.8 Å². The van der Waals surface area contributed by atoms with Crippen LogP contribution in [0.1, 0.15) is 19.0 Å². The maximum atomic E-state index is 14.7. The number of hydrogen-bond acceptors (Lipinski definition) is 5. The third kappa shape index (κ3) is 4.47. The number of aliphatic hydroxyl groups is 1. The second-order valence-corrected chi connectivity index (χ2v) is 7.14. The van der Waals surface area contributed by atoms with Crippen LogP contribution in [0.3, 0.4) is 0 Å². The summed E-state index contributed by atoms with van der Waals surface area (Å²) in [6, 6.07) is 9.88. The lowest BCUT2D eigenvalue weighted by Gasteiger charge is -2.19. The van der Waals surface area contributed by atoms with E-state index in [0.29, 0.717) is 53.5 Å². The molecule has 1 aromatic heterocycles. The minimum atomic E-state index is -0.597. The second kappa shape index (κ2) is 9.73. The molecule has 0 radical (unpaired) electrons. The van der Waals surface area contributed by atoms with Crippen LogP contribution < -0.4 is 14.9 Å². The van der Waals surface area contributed by atoms with Gasteiger partial charge >= 0.3 is 0 Å². The minimum Gasteiger partial charge on any atom is -0.497 e. The van der Waals surface area contributed by atoms with Crippen LogP contribution in [0.25, 0.3) is 22.0 Å². The molecule has 0 amide bonds. The van der Waals surface area contributed by atoms with E-state index in [1.807, 2.05) is 18.9 Å². The average molecular weight is 414 g/mol. The molecule has 1 heterocycles. The van der Waals surface area contributed by atoms with Crippen molar-refractivity contribution < 1.29 is 19.0 Å². The molecule has 0 aliphatic heterocycles. The number of fused-ring (bicyclic) bond motifs is 1. The topological polar surface area (TPSA) is 74.8 Å². The number of halogens is 1.